The first kappa shape index (κ1) is 17.9. The van der Waals surface area contributed by atoms with Crippen LogP contribution in [0.5, 0.6) is 0 Å². The number of amides is 1. The van der Waals surface area contributed by atoms with Crippen LogP contribution in [0, 0.1) is 6.92 Å². The molecule has 0 saturated carbocycles. The molecule has 0 unspecified atom stereocenters. The predicted molar refractivity (Wildman–Crippen MR) is 112 cm³/mol. The molecule has 0 aliphatic carbocycles. The maximum Gasteiger partial charge on any atom is 0.310 e. The SMILES string of the molecule is Cc1ccc(NC(=O)CCCOC2=Nc3c(c4ccccc4n3C)NN2)cc1. The van der Waals surface area contributed by atoms with Crippen LogP contribution in [-0.2, 0) is 16.6 Å². The van der Waals surface area contributed by atoms with Crippen LogP contribution in [0.25, 0.3) is 10.9 Å². The van der Waals surface area contributed by atoms with E-state index in [9.17, 15) is 4.79 Å². The van der Waals surface area contributed by atoms with Gasteiger partial charge in [0.05, 0.1) is 12.1 Å². The predicted octanol–water partition coefficient (Wildman–Crippen LogP) is 3.84. The lowest BCUT2D eigenvalue weighted by atomic mass is 10.2. The van der Waals surface area contributed by atoms with Crippen molar-refractivity contribution in [1.29, 1.82) is 0 Å². The number of benzene rings is 2. The van der Waals surface area contributed by atoms with Gasteiger partial charge in [0.2, 0.25) is 5.91 Å². The van der Waals surface area contributed by atoms with Crippen molar-refractivity contribution in [3.8, 4) is 0 Å². The molecule has 0 radical (unpaired) electrons. The molecule has 144 valence electrons. The van der Waals surface area contributed by atoms with Crippen molar-refractivity contribution in [2.24, 2.45) is 12.0 Å². The molecule has 2 heterocycles. The molecule has 0 saturated heterocycles. The molecule has 0 spiro atoms. The van der Waals surface area contributed by atoms with Crippen LogP contribution in [0.2, 0.25) is 0 Å². The van der Waals surface area contributed by atoms with Crippen molar-refractivity contribution in [2.45, 2.75) is 19.8 Å². The van der Waals surface area contributed by atoms with Gasteiger partial charge in [0.15, 0.2) is 5.82 Å². The van der Waals surface area contributed by atoms with Gasteiger partial charge in [-0.15, -0.1) is 0 Å². The monoisotopic (exact) mass is 377 g/mol. The Morgan fingerprint density at radius 3 is 2.75 bits per heavy atom. The number of hydrogen-bond acceptors (Lipinski definition) is 5. The van der Waals surface area contributed by atoms with Crippen LogP contribution in [-0.4, -0.2) is 23.1 Å². The summed E-state index contributed by atoms with van der Waals surface area (Å²) in [7, 11) is 1.98. The Labute approximate surface area is 163 Å². The van der Waals surface area contributed by atoms with Crippen LogP contribution in [0.3, 0.4) is 0 Å². The summed E-state index contributed by atoms with van der Waals surface area (Å²) < 4.78 is 7.71. The molecule has 0 fully saturated rings. The van der Waals surface area contributed by atoms with Gasteiger partial charge in [-0.2, -0.15) is 4.99 Å². The van der Waals surface area contributed by atoms with Crippen molar-refractivity contribution in [1.82, 2.24) is 9.99 Å². The minimum atomic E-state index is -0.0277. The van der Waals surface area contributed by atoms with Gasteiger partial charge in [0.1, 0.15) is 5.69 Å². The number of aliphatic imine (C=N–C) groups is 1. The van der Waals surface area contributed by atoms with Gasteiger partial charge in [0, 0.05) is 24.5 Å². The Morgan fingerprint density at radius 1 is 1.14 bits per heavy atom. The van der Waals surface area contributed by atoms with E-state index >= 15 is 0 Å². The Balaban J connectivity index is 1.30. The first-order chi connectivity index (χ1) is 13.6. The van der Waals surface area contributed by atoms with Crippen molar-refractivity contribution < 1.29 is 9.53 Å². The van der Waals surface area contributed by atoms with E-state index in [-0.39, 0.29) is 5.91 Å². The molecule has 1 aliphatic rings. The lowest BCUT2D eigenvalue weighted by Gasteiger charge is -2.18. The van der Waals surface area contributed by atoms with Gasteiger partial charge < -0.3 is 14.6 Å². The number of carbonyl (C=O) groups is 1. The average molecular weight is 377 g/mol. The second-order valence-corrected chi connectivity index (χ2v) is 6.81. The zero-order valence-corrected chi connectivity index (χ0v) is 16.0. The summed E-state index contributed by atoms with van der Waals surface area (Å²) >= 11 is 0. The molecule has 7 nitrogen and oxygen atoms in total. The highest BCUT2D eigenvalue weighted by atomic mass is 16.5. The molecule has 28 heavy (non-hydrogen) atoms. The van der Waals surface area contributed by atoms with Crippen molar-refractivity contribution in [3.63, 3.8) is 0 Å². The van der Waals surface area contributed by atoms with E-state index in [0.29, 0.717) is 25.5 Å². The fraction of sp³-hybridized carbons (Fsp3) is 0.238. The first-order valence-corrected chi connectivity index (χ1v) is 9.29. The third-order valence-corrected chi connectivity index (χ3v) is 4.70. The molecule has 3 N–H and O–H groups in total. The van der Waals surface area contributed by atoms with Gasteiger partial charge in [-0.25, -0.2) is 0 Å². The molecule has 1 amide bonds. The van der Waals surface area contributed by atoms with Crippen molar-refractivity contribution >= 4 is 40.0 Å². The third-order valence-electron chi connectivity index (χ3n) is 4.70. The standard InChI is InChI=1S/C21H23N5O2/c1-14-9-11-15(12-10-14)22-18(27)8-5-13-28-21-23-20-19(24-25-21)16-6-3-4-7-17(16)26(20)2/h3-4,6-7,9-12,24H,5,8,13H2,1-2H3,(H,22,27)(H,23,25). The first-order valence-electron chi connectivity index (χ1n) is 9.29. The number of rotatable bonds is 5. The van der Waals surface area contributed by atoms with E-state index in [4.69, 9.17) is 4.74 Å². The Kier molecular flexibility index (Phi) is 4.89. The summed E-state index contributed by atoms with van der Waals surface area (Å²) in [5, 5.41) is 3.99. The number of hydrogen-bond donors (Lipinski definition) is 3. The zero-order chi connectivity index (χ0) is 19.5. The summed E-state index contributed by atoms with van der Waals surface area (Å²) in [6.07, 6.45) is 0.980. The van der Waals surface area contributed by atoms with Gasteiger partial charge in [-0.3, -0.25) is 15.6 Å². The summed E-state index contributed by atoms with van der Waals surface area (Å²) in [6.45, 7) is 2.41. The molecule has 7 heteroatoms. The maximum atomic E-state index is 12.0. The molecule has 3 aromatic rings. The van der Waals surface area contributed by atoms with E-state index in [0.717, 1.165) is 33.7 Å². The quantitative estimate of drug-likeness (QED) is 0.590. The topological polar surface area (TPSA) is 79.7 Å². The Morgan fingerprint density at radius 2 is 1.93 bits per heavy atom. The Bertz CT molecular complexity index is 1040. The van der Waals surface area contributed by atoms with Gasteiger partial charge >= 0.3 is 6.02 Å². The summed E-state index contributed by atoms with van der Waals surface area (Å²) in [6, 6.07) is 16.3. The molecule has 4 rings (SSSR count). The lowest BCUT2D eigenvalue weighted by Crippen LogP contribution is -2.34. The molecule has 0 atom stereocenters. The zero-order valence-electron chi connectivity index (χ0n) is 16.0. The minimum absolute atomic E-state index is 0.0277. The minimum Gasteiger partial charge on any atom is -0.464 e. The van der Waals surface area contributed by atoms with E-state index in [2.05, 4.69) is 33.3 Å². The highest BCUT2D eigenvalue weighted by Crippen LogP contribution is 2.37. The van der Waals surface area contributed by atoms with E-state index < -0.39 is 0 Å². The second kappa shape index (κ2) is 7.64. The number of aryl methyl sites for hydroxylation is 2. The van der Waals surface area contributed by atoms with Crippen LogP contribution in [0.4, 0.5) is 17.2 Å². The molecule has 1 aromatic heterocycles. The number of carbonyl (C=O) groups excluding carboxylic acids is 1. The van der Waals surface area contributed by atoms with Crippen LogP contribution in [0.15, 0.2) is 53.5 Å². The fourth-order valence-corrected chi connectivity index (χ4v) is 3.20. The maximum absolute atomic E-state index is 12.0. The number of nitrogens with one attached hydrogen (secondary N) is 3. The van der Waals surface area contributed by atoms with E-state index in [1.165, 1.54) is 0 Å². The number of nitrogens with zero attached hydrogens (tertiary/aromatic N) is 2. The molecular weight excluding hydrogens is 354 g/mol. The highest BCUT2D eigenvalue weighted by Gasteiger charge is 2.19. The second-order valence-electron chi connectivity index (χ2n) is 6.81. The molecule has 0 bridgehead atoms. The Hall–Kier alpha value is -3.48. The van der Waals surface area contributed by atoms with Crippen LogP contribution < -0.4 is 16.2 Å². The van der Waals surface area contributed by atoms with E-state index in [1.807, 2.05) is 54.9 Å². The molecule has 1 aliphatic heterocycles. The van der Waals surface area contributed by atoms with Crippen LogP contribution in [0.1, 0.15) is 18.4 Å². The van der Waals surface area contributed by atoms with Gasteiger partial charge in [0.25, 0.3) is 0 Å². The van der Waals surface area contributed by atoms with Gasteiger partial charge in [-0.1, -0.05) is 35.9 Å². The number of fused-ring (bicyclic) bond motifs is 3. The lowest BCUT2D eigenvalue weighted by molar-refractivity contribution is -0.116. The summed E-state index contributed by atoms with van der Waals surface area (Å²) in [4.78, 5) is 16.6. The number of para-hydroxylation sites is 1. The van der Waals surface area contributed by atoms with E-state index in [1.54, 1.807) is 0 Å². The summed E-state index contributed by atoms with van der Waals surface area (Å²) in [5.74, 6) is 0.784. The summed E-state index contributed by atoms with van der Waals surface area (Å²) in [5.41, 5.74) is 10.1. The smallest absolute Gasteiger partial charge is 0.310 e. The molecular formula is C21H23N5O2. The van der Waals surface area contributed by atoms with Gasteiger partial charge in [-0.05, 0) is 31.5 Å². The average Bonchev–Trinajstić information content (AvgIpc) is 2.99. The third kappa shape index (κ3) is 3.64. The van der Waals surface area contributed by atoms with Crippen molar-refractivity contribution in [3.05, 3.63) is 54.1 Å². The largest absolute Gasteiger partial charge is 0.464 e. The van der Waals surface area contributed by atoms with Crippen molar-refractivity contribution in [2.75, 3.05) is 17.3 Å². The number of anilines is 2. The highest BCUT2D eigenvalue weighted by molar-refractivity contribution is 6.02. The van der Waals surface area contributed by atoms with Crippen LogP contribution >= 0.6 is 0 Å². The number of amidine groups is 1. The number of aromatic nitrogens is 1. The normalized spacial score (nSPS) is 12.6. The molecule has 2 aromatic carbocycles. The fourth-order valence-electron chi connectivity index (χ4n) is 3.20. The number of hydrazine groups is 1. The number of ether oxygens (including phenoxy) is 1.